The molecule has 0 atom stereocenters. The summed E-state index contributed by atoms with van der Waals surface area (Å²) < 4.78 is 28.0. The van der Waals surface area contributed by atoms with Crippen molar-refractivity contribution in [3.05, 3.63) is 11.4 Å². The van der Waals surface area contributed by atoms with Crippen LogP contribution in [-0.2, 0) is 17.1 Å². The Bertz CT molecular complexity index is 470. The van der Waals surface area contributed by atoms with Crippen molar-refractivity contribution in [2.75, 3.05) is 13.1 Å². The first kappa shape index (κ1) is 16.4. The molecule has 1 aromatic rings. The van der Waals surface area contributed by atoms with Crippen LogP contribution < -0.4 is 10.5 Å². The highest BCUT2D eigenvalue weighted by molar-refractivity contribution is 7.89. The highest BCUT2D eigenvalue weighted by Gasteiger charge is 2.22. The molecule has 1 aromatic heterocycles. The van der Waals surface area contributed by atoms with Gasteiger partial charge in [-0.2, -0.15) is 5.10 Å². The molecule has 0 fully saturated rings. The molecule has 0 saturated heterocycles. The van der Waals surface area contributed by atoms with Crippen LogP contribution in [0.2, 0.25) is 0 Å². The van der Waals surface area contributed by atoms with Crippen molar-refractivity contribution in [2.24, 2.45) is 12.8 Å². The van der Waals surface area contributed by atoms with Crippen LogP contribution in [0.3, 0.4) is 0 Å². The number of sulfonamides is 1. The number of hydrogen-bond acceptors (Lipinski definition) is 4. The lowest BCUT2D eigenvalue weighted by Gasteiger charge is -2.06. The minimum Gasteiger partial charge on any atom is -0.330 e. The fraction of sp³-hybridized carbons (Fsp3) is 0.667. The second kappa shape index (κ2) is 6.34. The first-order valence-electron chi connectivity index (χ1n) is 5.10. The van der Waals surface area contributed by atoms with Gasteiger partial charge in [0.25, 0.3) is 0 Å². The van der Waals surface area contributed by atoms with Crippen molar-refractivity contribution in [3.8, 4) is 0 Å². The summed E-state index contributed by atoms with van der Waals surface area (Å²) in [5, 5.41) is 4.08. The zero-order valence-corrected chi connectivity index (χ0v) is 11.9. The van der Waals surface area contributed by atoms with E-state index >= 15 is 0 Å². The fourth-order valence-electron chi connectivity index (χ4n) is 1.52. The molecule has 0 aliphatic heterocycles. The summed E-state index contributed by atoms with van der Waals surface area (Å²) in [6, 6.07) is 0. The third-order valence-corrected chi connectivity index (χ3v) is 4.10. The third-order valence-electron chi connectivity index (χ3n) is 2.38. The summed E-state index contributed by atoms with van der Waals surface area (Å²) in [5.74, 6) is 0. The van der Waals surface area contributed by atoms with E-state index in [1.807, 2.05) is 0 Å². The van der Waals surface area contributed by atoms with E-state index in [0.717, 1.165) is 0 Å². The van der Waals surface area contributed by atoms with Crippen LogP contribution in [0.5, 0.6) is 0 Å². The van der Waals surface area contributed by atoms with E-state index in [1.54, 1.807) is 25.6 Å². The van der Waals surface area contributed by atoms with Gasteiger partial charge < -0.3 is 5.73 Å². The average Bonchev–Trinajstić information content (AvgIpc) is 2.41. The fourth-order valence-corrected chi connectivity index (χ4v) is 3.03. The van der Waals surface area contributed by atoms with Crippen LogP contribution in [0, 0.1) is 13.8 Å². The van der Waals surface area contributed by atoms with Gasteiger partial charge in [-0.3, -0.25) is 4.68 Å². The van der Waals surface area contributed by atoms with E-state index in [2.05, 4.69) is 9.82 Å². The molecular formula is C9H19ClN4O2S. The number of aryl methyl sites for hydroxylation is 2. The van der Waals surface area contributed by atoms with E-state index in [4.69, 9.17) is 5.73 Å². The van der Waals surface area contributed by atoms with Gasteiger partial charge in [0.1, 0.15) is 4.90 Å². The topological polar surface area (TPSA) is 90.0 Å². The molecule has 0 aliphatic rings. The summed E-state index contributed by atoms with van der Waals surface area (Å²) in [7, 11) is -1.74. The summed E-state index contributed by atoms with van der Waals surface area (Å²) in [6.07, 6.45) is 0.623. The average molecular weight is 283 g/mol. The molecule has 0 unspecified atom stereocenters. The van der Waals surface area contributed by atoms with Gasteiger partial charge in [0.05, 0.1) is 11.4 Å². The van der Waals surface area contributed by atoms with Gasteiger partial charge in [0.15, 0.2) is 0 Å². The van der Waals surface area contributed by atoms with Crippen molar-refractivity contribution in [3.63, 3.8) is 0 Å². The Morgan fingerprint density at radius 1 is 1.41 bits per heavy atom. The Hall–Kier alpha value is -0.630. The van der Waals surface area contributed by atoms with Crippen molar-refractivity contribution in [2.45, 2.75) is 25.2 Å². The van der Waals surface area contributed by atoms with E-state index in [-0.39, 0.29) is 17.3 Å². The molecule has 0 spiro atoms. The van der Waals surface area contributed by atoms with E-state index in [0.29, 0.717) is 30.9 Å². The number of nitrogens with zero attached hydrogens (tertiary/aromatic N) is 2. The quantitative estimate of drug-likeness (QED) is 0.749. The first-order valence-corrected chi connectivity index (χ1v) is 6.58. The zero-order valence-electron chi connectivity index (χ0n) is 10.2. The predicted octanol–water partition coefficient (Wildman–Crippen LogP) is 0.0858. The molecule has 0 radical (unpaired) electrons. The van der Waals surface area contributed by atoms with Crippen molar-refractivity contribution in [1.29, 1.82) is 0 Å². The molecule has 0 aliphatic carbocycles. The standard InChI is InChI=1S/C9H18N4O2S.ClH/c1-7-9(8(2)13(3)12-7)16(14,15)11-6-4-5-10;/h11H,4-6,10H2,1-3H3;1H. The molecule has 6 nitrogen and oxygen atoms in total. The summed E-state index contributed by atoms with van der Waals surface area (Å²) in [6.45, 7) is 4.24. The monoisotopic (exact) mass is 282 g/mol. The van der Waals surface area contributed by atoms with Crippen molar-refractivity contribution < 1.29 is 8.42 Å². The summed E-state index contributed by atoms with van der Waals surface area (Å²) in [5.41, 5.74) is 6.46. The smallest absolute Gasteiger partial charge is 0.244 e. The predicted molar refractivity (Wildman–Crippen MR) is 68.8 cm³/mol. The molecule has 8 heteroatoms. The highest BCUT2D eigenvalue weighted by Crippen LogP contribution is 2.17. The second-order valence-corrected chi connectivity index (χ2v) is 5.37. The van der Waals surface area contributed by atoms with Crippen molar-refractivity contribution >= 4 is 22.4 Å². The Morgan fingerprint density at radius 2 is 2.00 bits per heavy atom. The van der Waals surface area contributed by atoms with Gasteiger partial charge in [-0.1, -0.05) is 0 Å². The molecular weight excluding hydrogens is 264 g/mol. The third kappa shape index (κ3) is 3.67. The molecule has 3 N–H and O–H groups in total. The van der Waals surface area contributed by atoms with Gasteiger partial charge >= 0.3 is 0 Å². The Balaban J connectivity index is 0.00000256. The maximum absolute atomic E-state index is 12.0. The molecule has 1 heterocycles. The largest absolute Gasteiger partial charge is 0.330 e. The van der Waals surface area contributed by atoms with Crippen LogP contribution in [0.25, 0.3) is 0 Å². The normalized spacial score (nSPS) is 11.3. The van der Waals surface area contributed by atoms with E-state index in [9.17, 15) is 8.42 Å². The molecule has 0 bridgehead atoms. The van der Waals surface area contributed by atoms with E-state index < -0.39 is 10.0 Å². The lowest BCUT2D eigenvalue weighted by molar-refractivity contribution is 0.578. The minimum absolute atomic E-state index is 0. The maximum Gasteiger partial charge on any atom is 0.244 e. The Morgan fingerprint density at radius 3 is 2.41 bits per heavy atom. The number of aromatic nitrogens is 2. The SMILES string of the molecule is Cc1nn(C)c(C)c1S(=O)(=O)NCCCN.Cl. The van der Waals surface area contributed by atoms with Crippen LogP contribution in [0.15, 0.2) is 4.90 Å². The van der Waals surface area contributed by atoms with Gasteiger partial charge in [-0.25, -0.2) is 13.1 Å². The van der Waals surface area contributed by atoms with Crippen molar-refractivity contribution in [1.82, 2.24) is 14.5 Å². The Labute approximate surface area is 108 Å². The first-order chi connectivity index (χ1) is 7.40. The van der Waals surface area contributed by atoms with Crippen LogP contribution in [-0.4, -0.2) is 31.3 Å². The van der Waals surface area contributed by atoms with Gasteiger partial charge in [0.2, 0.25) is 10.0 Å². The molecule has 0 aromatic carbocycles. The summed E-state index contributed by atoms with van der Waals surface area (Å²) in [4.78, 5) is 0.270. The number of rotatable bonds is 5. The van der Waals surface area contributed by atoms with Crippen LogP contribution in [0.4, 0.5) is 0 Å². The number of nitrogens with one attached hydrogen (secondary N) is 1. The summed E-state index contributed by atoms with van der Waals surface area (Å²) >= 11 is 0. The number of nitrogens with two attached hydrogens (primary N) is 1. The lowest BCUT2D eigenvalue weighted by Crippen LogP contribution is -2.27. The number of hydrogen-bond donors (Lipinski definition) is 2. The highest BCUT2D eigenvalue weighted by atomic mass is 35.5. The Kier molecular flexibility index (Phi) is 6.11. The molecule has 0 saturated carbocycles. The zero-order chi connectivity index (χ0) is 12.3. The van der Waals surface area contributed by atoms with Crippen LogP contribution >= 0.6 is 12.4 Å². The number of halogens is 1. The van der Waals surface area contributed by atoms with Crippen LogP contribution in [0.1, 0.15) is 17.8 Å². The molecule has 0 amide bonds. The van der Waals surface area contributed by atoms with Gasteiger partial charge in [0, 0.05) is 13.6 Å². The molecule has 17 heavy (non-hydrogen) atoms. The van der Waals surface area contributed by atoms with Gasteiger partial charge in [-0.15, -0.1) is 12.4 Å². The minimum atomic E-state index is -3.46. The second-order valence-electron chi connectivity index (χ2n) is 3.66. The van der Waals surface area contributed by atoms with E-state index in [1.165, 1.54) is 0 Å². The lowest BCUT2D eigenvalue weighted by atomic mass is 10.4. The molecule has 1 rings (SSSR count). The maximum atomic E-state index is 12.0. The van der Waals surface area contributed by atoms with Gasteiger partial charge in [-0.05, 0) is 26.8 Å². The molecule has 100 valence electrons.